The van der Waals surface area contributed by atoms with Crippen molar-refractivity contribution in [3.63, 3.8) is 0 Å². The smallest absolute Gasteiger partial charge is 0.323 e. The van der Waals surface area contributed by atoms with Gasteiger partial charge in [0.15, 0.2) is 6.61 Å². The van der Waals surface area contributed by atoms with Gasteiger partial charge in [-0.15, -0.1) is 0 Å². The van der Waals surface area contributed by atoms with Crippen LogP contribution in [0.25, 0.3) is 6.08 Å². The molecule has 0 radical (unpaired) electrons. The first-order chi connectivity index (χ1) is 14.3. The van der Waals surface area contributed by atoms with Crippen LogP contribution in [-0.2, 0) is 14.4 Å². The maximum absolute atomic E-state index is 12.3. The second-order valence-corrected chi connectivity index (χ2v) is 8.06. The highest BCUT2D eigenvalue weighted by atomic mass is 32.2. The maximum atomic E-state index is 12.3. The van der Waals surface area contributed by atoms with Crippen molar-refractivity contribution in [1.82, 2.24) is 4.90 Å². The van der Waals surface area contributed by atoms with Gasteiger partial charge in [-0.3, -0.25) is 19.3 Å². The van der Waals surface area contributed by atoms with Crippen molar-refractivity contribution in [1.29, 1.82) is 0 Å². The molecule has 0 saturated carbocycles. The van der Waals surface area contributed by atoms with Crippen molar-refractivity contribution in [2.24, 2.45) is 0 Å². The number of nitrogens with zero attached hydrogens (tertiary/aromatic N) is 1. The molecule has 0 aromatic heterocycles. The van der Waals surface area contributed by atoms with E-state index >= 15 is 0 Å². The number of ether oxygens (including phenoxy) is 1. The molecule has 3 rings (SSSR count). The molecule has 2 amide bonds. The average molecular weight is 443 g/mol. The first-order valence-corrected chi connectivity index (χ1v) is 10.1. The van der Waals surface area contributed by atoms with Crippen LogP contribution >= 0.6 is 24.0 Å². The number of anilines is 1. The molecule has 7 nitrogen and oxygen atoms in total. The Morgan fingerprint density at radius 3 is 2.57 bits per heavy atom. The van der Waals surface area contributed by atoms with Crippen LogP contribution < -0.4 is 10.1 Å². The molecule has 1 fully saturated rings. The first kappa shape index (κ1) is 21.5. The van der Waals surface area contributed by atoms with Gasteiger partial charge in [0.25, 0.3) is 11.8 Å². The van der Waals surface area contributed by atoms with Gasteiger partial charge in [0.1, 0.15) is 16.6 Å². The summed E-state index contributed by atoms with van der Waals surface area (Å²) >= 11 is 6.13. The van der Waals surface area contributed by atoms with E-state index in [1.54, 1.807) is 30.3 Å². The van der Waals surface area contributed by atoms with Crippen molar-refractivity contribution in [2.75, 3.05) is 18.5 Å². The zero-order valence-electron chi connectivity index (χ0n) is 16.0. The Morgan fingerprint density at radius 2 is 1.90 bits per heavy atom. The van der Waals surface area contributed by atoms with E-state index in [-0.39, 0.29) is 16.8 Å². The van der Waals surface area contributed by atoms with Crippen LogP contribution in [-0.4, -0.2) is 45.3 Å². The number of aryl methyl sites for hydroxylation is 1. The number of hydrogen-bond donors (Lipinski definition) is 2. The summed E-state index contributed by atoms with van der Waals surface area (Å²) in [6.07, 6.45) is 1.63. The molecule has 1 aliphatic heterocycles. The monoisotopic (exact) mass is 442 g/mol. The number of amides is 2. The van der Waals surface area contributed by atoms with Crippen molar-refractivity contribution in [2.45, 2.75) is 6.92 Å². The third-order valence-corrected chi connectivity index (χ3v) is 5.51. The molecule has 0 bridgehead atoms. The molecule has 2 aromatic carbocycles. The van der Waals surface area contributed by atoms with E-state index in [1.165, 1.54) is 0 Å². The molecule has 1 heterocycles. The summed E-state index contributed by atoms with van der Waals surface area (Å²) < 4.78 is 5.72. The standard InChI is InChI=1S/C21H18N2O5S2/c1-13-4-2-3-5-16(13)22-18(24)12-28-15-8-6-14(7-9-15)10-17-20(27)23(11-19(25)26)21(29)30-17/h2-10H,11-12H2,1H3,(H,22,24)(H,25,26). The number of carboxylic acid groups (broad SMARTS) is 1. The molecule has 1 saturated heterocycles. The second kappa shape index (κ2) is 9.55. The number of hydrogen-bond acceptors (Lipinski definition) is 6. The minimum absolute atomic E-state index is 0.137. The number of carbonyl (C=O) groups excluding carboxylic acids is 2. The lowest BCUT2D eigenvalue weighted by atomic mass is 10.2. The molecule has 9 heteroatoms. The van der Waals surface area contributed by atoms with Crippen LogP contribution in [0.1, 0.15) is 11.1 Å². The molecule has 0 unspecified atom stereocenters. The molecule has 1 aliphatic rings. The summed E-state index contributed by atoms with van der Waals surface area (Å²) in [5.41, 5.74) is 2.42. The Hall–Kier alpha value is -3.17. The van der Waals surface area contributed by atoms with Crippen molar-refractivity contribution >= 4 is 57.8 Å². The second-order valence-electron chi connectivity index (χ2n) is 6.38. The maximum Gasteiger partial charge on any atom is 0.323 e. The highest BCUT2D eigenvalue weighted by molar-refractivity contribution is 8.26. The van der Waals surface area contributed by atoms with Crippen LogP contribution in [0.15, 0.2) is 53.4 Å². The van der Waals surface area contributed by atoms with Gasteiger partial charge >= 0.3 is 5.97 Å². The fraction of sp³-hybridized carbons (Fsp3) is 0.143. The van der Waals surface area contributed by atoms with Gasteiger partial charge in [0, 0.05) is 5.69 Å². The summed E-state index contributed by atoms with van der Waals surface area (Å²) in [7, 11) is 0. The minimum Gasteiger partial charge on any atom is -0.484 e. The molecular formula is C21H18N2O5S2. The average Bonchev–Trinajstić information content (AvgIpc) is 2.96. The molecule has 154 valence electrons. The lowest BCUT2D eigenvalue weighted by molar-refractivity contribution is -0.140. The van der Waals surface area contributed by atoms with E-state index in [2.05, 4.69) is 5.32 Å². The topological polar surface area (TPSA) is 95.9 Å². The lowest BCUT2D eigenvalue weighted by Gasteiger charge is -2.10. The fourth-order valence-corrected chi connectivity index (χ4v) is 3.89. The van der Waals surface area contributed by atoms with E-state index in [1.807, 2.05) is 31.2 Å². The van der Waals surface area contributed by atoms with E-state index in [9.17, 15) is 14.4 Å². The van der Waals surface area contributed by atoms with Crippen LogP contribution in [0, 0.1) is 6.92 Å². The van der Waals surface area contributed by atoms with Crippen LogP contribution in [0.4, 0.5) is 5.69 Å². The number of benzene rings is 2. The number of aliphatic carboxylic acids is 1. The van der Waals surface area contributed by atoms with Crippen LogP contribution in [0.2, 0.25) is 0 Å². The summed E-state index contributed by atoms with van der Waals surface area (Å²) in [4.78, 5) is 36.6. The van der Waals surface area contributed by atoms with E-state index in [0.717, 1.165) is 33.5 Å². The quantitative estimate of drug-likeness (QED) is 0.502. The Balaban J connectivity index is 1.57. The van der Waals surface area contributed by atoms with Gasteiger partial charge in [0.05, 0.1) is 4.91 Å². The summed E-state index contributed by atoms with van der Waals surface area (Å²) in [6, 6.07) is 14.3. The predicted molar refractivity (Wildman–Crippen MR) is 119 cm³/mol. The predicted octanol–water partition coefficient (Wildman–Crippen LogP) is 3.30. The van der Waals surface area contributed by atoms with Gasteiger partial charge < -0.3 is 15.2 Å². The molecular weight excluding hydrogens is 424 g/mol. The van der Waals surface area contributed by atoms with Gasteiger partial charge in [-0.1, -0.05) is 54.3 Å². The van der Waals surface area contributed by atoms with Gasteiger partial charge in [0.2, 0.25) is 0 Å². The molecule has 0 spiro atoms. The van der Waals surface area contributed by atoms with Crippen LogP contribution in [0.3, 0.4) is 0 Å². The molecule has 30 heavy (non-hydrogen) atoms. The van der Waals surface area contributed by atoms with E-state index in [4.69, 9.17) is 22.1 Å². The summed E-state index contributed by atoms with van der Waals surface area (Å²) in [5.74, 6) is -1.32. The number of carbonyl (C=O) groups is 3. The first-order valence-electron chi connectivity index (χ1n) is 8.89. The third kappa shape index (κ3) is 5.46. The highest BCUT2D eigenvalue weighted by Gasteiger charge is 2.33. The largest absolute Gasteiger partial charge is 0.484 e. The summed E-state index contributed by atoms with van der Waals surface area (Å²) in [6.45, 7) is 1.31. The fourth-order valence-electron chi connectivity index (χ4n) is 2.63. The number of nitrogens with one attached hydrogen (secondary N) is 1. The number of carboxylic acids is 1. The van der Waals surface area contributed by atoms with E-state index in [0.29, 0.717) is 10.7 Å². The molecule has 0 aliphatic carbocycles. The SMILES string of the molecule is Cc1ccccc1NC(=O)COc1ccc(C=C2SC(=S)N(CC(=O)O)C2=O)cc1. The number of rotatable bonds is 7. The lowest BCUT2D eigenvalue weighted by Crippen LogP contribution is -2.33. The van der Waals surface area contributed by atoms with Crippen molar-refractivity contribution in [3.05, 3.63) is 64.6 Å². The Kier molecular flexibility index (Phi) is 6.86. The molecule has 2 N–H and O–H groups in total. The molecule has 2 aromatic rings. The number of thiocarbonyl (C=S) groups is 1. The van der Waals surface area contributed by atoms with Gasteiger partial charge in [-0.05, 0) is 42.3 Å². The zero-order valence-corrected chi connectivity index (χ0v) is 17.6. The number of thioether (sulfide) groups is 1. The Bertz CT molecular complexity index is 1030. The van der Waals surface area contributed by atoms with Gasteiger partial charge in [-0.2, -0.15) is 0 Å². The molecule has 0 atom stereocenters. The third-order valence-electron chi connectivity index (χ3n) is 4.13. The Labute approximate surface area is 182 Å². The summed E-state index contributed by atoms with van der Waals surface area (Å²) in [5, 5.41) is 11.7. The van der Waals surface area contributed by atoms with Gasteiger partial charge in [-0.25, -0.2) is 0 Å². The minimum atomic E-state index is -1.12. The van der Waals surface area contributed by atoms with Crippen LogP contribution in [0.5, 0.6) is 5.75 Å². The normalized spacial score (nSPS) is 14.8. The van der Waals surface area contributed by atoms with Crippen molar-refractivity contribution < 1.29 is 24.2 Å². The van der Waals surface area contributed by atoms with Crippen molar-refractivity contribution in [3.8, 4) is 5.75 Å². The number of para-hydroxylation sites is 1. The highest BCUT2D eigenvalue weighted by Crippen LogP contribution is 2.32. The van der Waals surface area contributed by atoms with E-state index < -0.39 is 18.4 Å². The Morgan fingerprint density at radius 1 is 1.20 bits per heavy atom. The zero-order chi connectivity index (χ0) is 21.7.